The summed E-state index contributed by atoms with van der Waals surface area (Å²) in [7, 11) is 2.11. The predicted molar refractivity (Wildman–Crippen MR) is 50.6 cm³/mol. The van der Waals surface area contributed by atoms with Crippen LogP contribution >= 0.6 is 11.8 Å². The first-order valence-electron chi connectivity index (χ1n) is 4.20. The maximum absolute atomic E-state index is 10.2. The molecule has 1 fully saturated rings. The third-order valence-corrected chi connectivity index (χ3v) is 3.28. The number of carboxylic acids is 1. The Kier molecular flexibility index (Phi) is 3.88. The fourth-order valence-corrected chi connectivity index (χ4v) is 2.46. The van der Waals surface area contributed by atoms with Crippen molar-refractivity contribution in [1.82, 2.24) is 4.90 Å². The van der Waals surface area contributed by atoms with E-state index in [0.29, 0.717) is 6.04 Å². The minimum atomic E-state index is -0.708. The van der Waals surface area contributed by atoms with Crippen LogP contribution in [0.5, 0.6) is 0 Å². The van der Waals surface area contributed by atoms with Gasteiger partial charge in [0, 0.05) is 11.8 Å². The van der Waals surface area contributed by atoms with Crippen molar-refractivity contribution in [2.45, 2.75) is 18.9 Å². The standard InChI is InChI=1S/C8H15NO2S/c1-9-4-2-3-7(9)5-12-6-8(10)11/h7H,2-6H2,1H3,(H,10,11). The highest BCUT2D eigenvalue weighted by Gasteiger charge is 2.20. The third-order valence-electron chi connectivity index (χ3n) is 2.21. The number of nitrogens with zero attached hydrogens (tertiary/aromatic N) is 1. The van der Waals surface area contributed by atoms with Gasteiger partial charge in [0.1, 0.15) is 0 Å². The fourth-order valence-electron chi connectivity index (χ4n) is 1.47. The molecular weight excluding hydrogens is 174 g/mol. The molecule has 3 nitrogen and oxygen atoms in total. The Morgan fingerprint density at radius 3 is 3.00 bits per heavy atom. The Labute approximate surface area is 77.1 Å². The predicted octanol–water partition coefficient (Wildman–Crippen LogP) is 0.898. The lowest BCUT2D eigenvalue weighted by Crippen LogP contribution is -2.27. The first-order chi connectivity index (χ1) is 5.70. The summed E-state index contributed by atoms with van der Waals surface area (Å²) in [6, 6.07) is 0.606. The van der Waals surface area contributed by atoms with Gasteiger partial charge in [0.25, 0.3) is 0 Å². The molecule has 0 aromatic rings. The average Bonchev–Trinajstić information content (AvgIpc) is 2.36. The maximum Gasteiger partial charge on any atom is 0.313 e. The minimum absolute atomic E-state index is 0.240. The SMILES string of the molecule is CN1CCCC1CSCC(=O)O. The highest BCUT2D eigenvalue weighted by atomic mass is 32.2. The number of aliphatic carboxylic acids is 1. The van der Waals surface area contributed by atoms with Gasteiger partial charge in [-0.25, -0.2) is 0 Å². The van der Waals surface area contributed by atoms with Crippen molar-refractivity contribution in [3.63, 3.8) is 0 Å². The lowest BCUT2D eigenvalue weighted by Gasteiger charge is -2.17. The van der Waals surface area contributed by atoms with E-state index in [2.05, 4.69) is 11.9 Å². The molecule has 4 heteroatoms. The van der Waals surface area contributed by atoms with Gasteiger partial charge >= 0.3 is 5.97 Å². The Morgan fingerprint density at radius 2 is 2.50 bits per heavy atom. The van der Waals surface area contributed by atoms with E-state index in [1.807, 2.05) is 0 Å². The summed E-state index contributed by atoms with van der Waals surface area (Å²) in [6.45, 7) is 1.16. The minimum Gasteiger partial charge on any atom is -0.481 e. The molecule has 1 aliphatic heterocycles. The summed E-state index contributed by atoms with van der Waals surface area (Å²) in [5, 5.41) is 8.42. The molecule has 0 aliphatic carbocycles. The van der Waals surface area contributed by atoms with Crippen molar-refractivity contribution in [3.8, 4) is 0 Å². The van der Waals surface area contributed by atoms with Crippen LogP contribution in [0.25, 0.3) is 0 Å². The number of thioether (sulfide) groups is 1. The molecule has 12 heavy (non-hydrogen) atoms. The zero-order valence-corrected chi connectivity index (χ0v) is 8.14. The van der Waals surface area contributed by atoms with Gasteiger partial charge in [-0.1, -0.05) is 0 Å². The van der Waals surface area contributed by atoms with E-state index < -0.39 is 5.97 Å². The smallest absolute Gasteiger partial charge is 0.313 e. The second-order valence-corrected chi connectivity index (χ2v) is 4.22. The van der Waals surface area contributed by atoms with E-state index in [1.54, 1.807) is 0 Å². The maximum atomic E-state index is 10.2. The van der Waals surface area contributed by atoms with Crippen molar-refractivity contribution in [1.29, 1.82) is 0 Å². The van der Waals surface area contributed by atoms with Crippen molar-refractivity contribution in [3.05, 3.63) is 0 Å². The highest BCUT2D eigenvalue weighted by Crippen LogP contribution is 2.18. The number of likely N-dealkylation sites (tertiary alicyclic amines) is 1. The number of rotatable bonds is 4. The van der Waals surface area contributed by atoms with Crippen molar-refractivity contribution >= 4 is 17.7 Å². The monoisotopic (exact) mass is 189 g/mol. The van der Waals surface area contributed by atoms with Crippen LogP contribution in [0, 0.1) is 0 Å². The normalized spacial score (nSPS) is 24.6. The number of carbonyl (C=O) groups is 1. The van der Waals surface area contributed by atoms with Crippen LogP contribution in [0.4, 0.5) is 0 Å². The highest BCUT2D eigenvalue weighted by molar-refractivity contribution is 7.99. The Bertz CT molecular complexity index is 163. The summed E-state index contributed by atoms with van der Waals surface area (Å²) in [4.78, 5) is 12.5. The lowest BCUT2D eigenvalue weighted by molar-refractivity contribution is -0.133. The van der Waals surface area contributed by atoms with Crippen LogP contribution in [-0.2, 0) is 4.79 Å². The molecule has 1 unspecified atom stereocenters. The van der Waals surface area contributed by atoms with Gasteiger partial charge in [0.2, 0.25) is 0 Å². The molecule has 0 bridgehead atoms. The zero-order valence-electron chi connectivity index (χ0n) is 7.32. The molecule has 1 rings (SSSR count). The summed E-state index contributed by atoms with van der Waals surface area (Å²) in [6.07, 6.45) is 2.48. The summed E-state index contributed by atoms with van der Waals surface area (Å²) in [5.74, 6) is 0.494. The second-order valence-electron chi connectivity index (χ2n) is 3.19. The molecule has 1 heterocycles. The van der Waals surface area contributed by atoms with Crippen molar-refractivity contribution in [2.24, 2.45) is 0 Å². The Morgan fingerprint density at radius 1 is 1.75 bits per heavy atom. The van der Waals surface area contributed by atoms with Crippen LogP contribution in [0.3, 0.4) is 0 Å². The van der Waals surface area contributed by atoms with Gasteiger partial charge in [-0.05, 0) is 26.4 Å². The number of hydrogen-bond donors (Lipinski definition) is 1. The molecule has 0 saturated carbocycles. The fraction of sp³-hybridized carbons (Fsp3) is 0.875. The van der Waals surface area contributed by atoms with E-state index in [1.165, 1.54) is 24.6 Å². The third kappa shape index (κ3) is 3.03. The van der Waals surface area contributed by atoms with Gasteiger partial charge in [-0.3, -0.25) is 4.79 Å². The largest absolute Gasteiger partial charge is 0.481 e. The molecule has 1 aliphatic rings. The van der Waals surface area contributed by atoms with Gasteiger partial charge in [-0.2, -0.15) is 0 Å². The average molecular weight is 189 g/mol. The molecule has 1 atom stereocenters. The molecular formula is C8H15NO2S. The quantitative estimate of drug-likeness (QED) is 0.713. The van der Waals surface area contributed by atoms with E-state index in [4.69, 9.17) is 5.11 Å². The van der Waals surface area contributed by atoms with Crippen LogP contribution in [0.15, 0.2) is 0 Å². The van der Waals surface area contributed by atoms with Crippen LogP contribution < -0.4 is 0 Å². The summed E-state index contributed by atoms with van der Waals surface area (Å²) < 4.78 is 0. The van der Waals surface area contributed by atoms with E-state index in [0.717, 1.165) is 12.3 Å². The summed E-state index contributed by atoms with van der Waals surface area (Å²) >= 11 is 1.52. The van der Waals surface area contributed by atoms with Crippen LogP contribution in [0.1, 0.15) is 12.8 Å². The first kappa shape index (κ1) is 9.86. The molecule has 1 saturated heterocycles. The van der Waals surface area contributed by atoms with Gasteiger partial charge in [0.05, 0.1) is 5.75 Å². The van der Waals surface area contributed by atoms with E-state index in [9.17, 15) is 4.79 Å². The zero-order chi connectivity index (χ0) is 8.97. The number of carboxylic acid groups (broad SMARTS) is 1. The molecule has 0 amide bonds. The molecule has 0 aromatic heterocycles. The van der Waals surface area contributed by atoms with Crippen LogP contribution in [0.2, 0.25) is 0 Å². The first-order valence-corrected chi connectivity index (χ1v) is 5.35. The Hall–Kier alpha value is -0.220. The summed E-state index contributed by atoms with van der Waals surface area (Å²) in [5.41, 5.74) is 0. The molecule has 0 aromatic carbocycles. The molecule has 70 valence electrons. The van der Waals surface area contributed by atoms with E-state index in [-0.39, 0.29) is 5.75 Å². The van der Waals surface area contributed by atoms with E-state index >= 15 is 0 Å². The van der Waals surface area contributed by atoms with Gasteiger partial charge in [-0.15, -0.1) is 11.8 Å². The van der Waals surface area contributed by atoms with Crippen molar-refractivity contribution in [2.75, 3.05) is 25.1 Å². The van der Waals surface area contributed by atoms with Crippen LogP contribution in [-0.4, -0.2) is 47.1 Å². The van der Waals surface area contributed by atoms with Gasteiger partial charge in [0.15, 0.2) is 0 Å². The molecule has 0 radical (unpaired) electrons. The number of hydrogen-bond acceptors (Lipinski definition) is 3. The lowest BCUT2D eigenvalue weighted by atomic mass is 10.2. The molecule has 0 spiro atoms. The van der Waals surface area contributed by atoms with Gasteiger partial charge < -0.3 is 10.0 Å². The molecule has 1 N–H and O–H groups in total. The van der Waals surface area contributed by atoms with Crippen molar-refractivity contribution < 1.29 is 9.90 Å². The topological polar surface area (TPSA) is 40.5 Å². The Balaban J connectivity index is 2.10. The second kappa shape index (κ2) is 4.72.